The Labute approximate surface area is 108 Å². The summed E-state index contributed by atoms with van der Waals surface area (Å²) in [4.78, 5) is 3.98. The predicted molar refractivity (Wildman–Crippen MR) is 73.5 cm³/mol. The molecule has 1 atom stereocenters. The number of rotatable bonds is 4. The average Bonchev–Trinajstić information content (AvgIpc) is 2.82. The van der Waals surface area contributed by atoms with Gasteiger partial charge in [0.15, 0.2) is 0 Å². The zero-order valence-corrected chi connectivity index (χ0v) is 11.6. The maximum atomic E-state index is 9.54. The van der Waals surface area contributed by atoms with Gasteiger partial charge in [-0.1, -0.05) is 6.07 Å². The van der Waals surface area contributed by atoms with Crippen LogP contribution in [0.3, 0.4) is 0 Å². The van der Waals surface area contributed by atoms with Crippen molar-refractivity contribution in [2.75, 3.05) is 7.05 Å². The van der Waals surface area contributed by atoms with Crippen LogP contribution in [0.5, 0.6) is 0 Å². The third-order valence-electron chi connectivity index (χ3n) is 4.01. The van der Waals surface area contributed by atoms with Crippen molar-refractivity contribution in [3.8, 4) is 0 Å². The average molecular weight is 253 g/mol. The molecule has 1 aromatic heterocycles. The van der Waals surface area contributed by atoms with Gasteiger partial charge in [-0.3, -0.25) is 0 Å². The highest BCUT2D eigenvalue weighted by Crippen LogP contribution is 2.24. The van der Waals surface area contributed by atoms with Crippen molar-refractivity contribution in [2.45, 2.75) is 57.2 Å². The first kappa shape index (κ1) is 13.1. The fourth-order valence-electron chi connectivity index (χ4n) is 2.69. The van der Waals surface area contributed by atoms with Gasteiger partial charge >= 0.3 is 0 Å². The Hall–Kier alpha value is -0.380. The van der Waals surface area contributed by atoms with Gasteiger partial charge in [-0.25, -0.2) is 0 Å². The largest absolute Gasteiger partial charge is 0.393 e. The van der Waals surface area contributed by atoms with E-state index in [1.807, 2.05) is 11.3 Å². The number of likely N-dealkylation sites (N-methyl/N-ethyl adjacent to an activating group) is 1. The van der Waals surface area contributed by atoms with Crippen LogP contribution in [0.25, 0.3) is 0 Å². The zero-order valence-electron chi connectivity index (χ0n) is 10.8. The lowest BCUT2D eigenvalue weighted by atomic mass is 9.91. The maximum Gasteiger partial charge on any atom is 0.0541 e. The maximum absolute atomic E-state index is 9.54. The quantitative estimate of drug-likeness (QED) is 0.892. The van der Waals surface area contributed by atoms with Gasteiger partial charge in [0.05, 0.1) is 6.10 Å². The summed E-state index contributed by atoms with van der Waals surface area (Å²) >= 11 is 1.85. The van der Waals surface area contributed by atoms with E-state index in [0.29, 0.717) is 12.1 Å². The molecule has 1 aliphatic carbocycles. The molecular formula is C14H23NOS. The molecular weight excluding hydrogens is 230 g/mol. The summed E-state index contributed by atoms with van der Waals surface area (Å²) in [6.07, 6.45) is 5.33. The van der Waals surface area contributed by atoms with Gasteiger partial charge in [0.1, 0.15) is 0 Å². The minimum atomic E-state index is -0.0488. The van der Waals surface area contributed by atoms with Crippen LogP contribution in [0.4, 0.5) is 0 Å². The van der Waals surface area contributed by atoms with Crippen molar-refractivity contribution < 1.29 is 5.11 Å². The Morgan fingerprint density at radius 1 is 1.41 bits per heavy atom. The number of aliphatic hydroxyl groups excluding tert-OH is 1. The van der Waals surface area contributed by atoms with E-state index in [4.69, 9.17) is 0 Å². The highest BCUT2D eigenvalue weighted by Gasteiger charge is 2.25. The van der Waals surface area contributed by atoms with Crippen LogP contribution < -0.4 is 0 Å². The van der Waals surface area contributed by atoms with E-state index >= 15 is 0 Å². The Kier molecular flexibility index (Phi) is 4.60. The molecule has 0 spiro atoms. The van der Waals surface area contributed by atoms with Crippen molar-refractivity contribution in [3.05, 3.63) is 22.4 Å². The number of hydrogen-bond donors (Lipinski definition) is 1. The van der Waals surface area contributed by atoms with E-state index in [1.165, 1.54) is 4.88 Å². The van der Waals surface area contributed by atoms with E-state index in [9.17, 15) is 5.11 Å². The SMILES string of the molecule is CC(Cc1cccs1)N(C)C1CCC(O)CC1. The number of nitrogens with zero attached hydrogens (tertiary/aromatic N) is 1. The molecule has 0 bridgehead atoms. The van der Waals surface area contributed by atoms with Gasteiger partial charge in [0.25, 0.3) is 0 Å². The summed E-state index contributed by atoms with van der Waals surface area (Å²) in [6, 6.07) is 5.60. The van der Waals surface area contributed by atoms with E-state index in [1.54, 1.807) is 0 Å². The molecule has 2 nitrogen and oxygen atoms in total. The molecule has 1 N–H and O–H groups in total. The fourth-order valence-corrected chi connectivity index (χ4v) is 3.52. The van der Waals surface area contributed by atoms with Crippen molar-refractivity contribution in [1.82, 2.24) is 4.90 Å². The van der Waals surface area contributed by atoms with Gasteiger partial charge in [-0.05, 0) is 57.5 Å². The van der Waals surface area contributed by atoms with Crippen molar-refractivity contribution >= 4 is 11.3 Å². The van der Waals surface area contributed by atoms with Crippen LogP contribution in [0, 0.1) is 0 Å². The Bertz CT molecular complexity index is 317. The second-order valence-corrected chi connectivity index (χ2v) is 6.29. The fraction of sp³-hybridized carbons (Fsp3) is 0.714. The van der Waals surface area contributed by atoms with E-state index < -0.39 is 0 Å². The van der Waals surface area contributed by atoms with Gasteiger partial charge in [0.2, 0.25) is 0 Å². The normalized spacial score (nSPS) is 27.3. The molecule has 0 amide bonds. The third-order valence-corrected chi connectivity index (χ3v) is 4.91. The summed E-state index contributed by atoms with van der Waals surface area (Å²) in [6.45, 7) is 2.31. The Balaban J connectivity index is 1.84. The second kappa shape index (κ2) is 5.98. The molecule has 17 heavy (non-hydrogen) atoms. The first-order valence-electron chi connectivity index (χ1n) is 6.59. The minimum Gasteiger partial charge on any atom is -0.393 e. The Morgan fingerprint density at radius 2 is 2.12 bits per heavy atom. The monoisotopic (exact) mass is 253 g/mol. The first-order valence-corrected chi connectivity index (χ1v) is 7.47. The summed E-state index contributed by atoms with van der Waals surface area (Å²) in [5.74, 6) is 0. The Morgan fingerprint density at radius 3 is 2.71 bits per heavy atom. The molecule has 1 unspecified atom stereocenters. The highest BCUT2D eigenvalue weighted by molar-refractivity contribution is 7.09. The molecule has 0 aliphatic heterocycles. The van der Waals surface area contributed by atoms with Crippen molar-refractivity contribution in [3.63, 3.8) is 0 Å². The lowest BCUT2D eigenvalue weighted by Crippen LogP contribution is -2.42. The van der Waals surface area contributed by atoms with Crippen molar-refractivity contribution in [1.29, 1.82) is 0 Å². The van der Waals surface area contributed by atoms with E-state index in [0.717, 1.165) is 32.1 Å². The molecule has 1 aromatic rings. The summed E-state index contributed by atoms with van der Waals surface area (Å²) in [5.41, 5.74) is 0. The molecule has 0 aromatic carbocycles. The summed E-state index contributed by atoms with van der Waals surface area (Å²) in [5, 5.41) is 11.7. The van der Waals surface area contributed by atoms with E-state index in [-0.39, 0.29) is 6.10 Å². The smallest absolute Gasteiger partial charge is 0.0541 e. The van der Waals surface area contributed by atoms with Gasteiger partial charge in [0, 0.05) is 17.0 Å². The van der Waals surface area contributed by atoms with Crippen LogP contribution >= 0.6 is 11.3 Å². The van der Waals surface area contributed by atoms with Gasteiger partial charge < -0.3 is 10.0 Å². The van der Waals surface area contributed by atoms with Crippen LogP contribution in [-0.4, -0.2) is 35.2 Å². The topological polar surface area (TPSA) is 23.5 Å². The summed E-state index contributed by atoms with van der Waals surface area (Å²) < 4.78 is 0. The van der Waals surface area contributed by atoms with Crippen LogP contribution in [0.1, 0.15) is 37.5 Å². The molecule has 96 valence electrons. The molecule has 0 radical (unpaired) electrons. The number of thiophene rings is 1. The van der Waals surface area contributed by atoms with Crippen molar-refractivity contribution in [2.24, 2.45) is 0 Å². The third kappa shape index (κ3) is 3.54. The van der Waals surface area contributed by atoms with Crippen LogP contribution in [0.2, 0.25) is 0 Å². The molecule has 1 heterocycles. The first-order chi connectivity index (χ1) is 8.16. The van der Waals surface area contributed by atoms with E-state index in [2.05, 4.69) is 36.4 Å². The lowest BCUT2D eigenvalue weighted by molar-refractivity contribution is 0.0702. The molecule has 1 fully saturated rings. The van der Waals surface area contributed by atoms with Gasteiger partial charge in [-0.2, -0.15) is 0 Å². The standard InChI is InChI=1S/C14H23NOS/c1-11(10-14-4-3-9-17-14)15(2)12-5-7-13(16)8-6-12/h3-4,9,11-13,16H,5-8,10H2,1-2H3. The predicted octanol–water partition coefficient (Wildman–Crippen LogP) is 2.91. The molecule has 3 heteroatoms. The number of aliphatic hydroxyl groups is 1. The van der Waals surface area contributed by atoms with Crippen LogP contribution in [0.15, 0.2) is 17.5 Å². The van der Waals surface area contributed by atoms with Crippen LogP contribution in [-0.2, 0) is 6.42 Å². The highest BCUT2D eigenvalue weighted by atomic mass is 32.1. The second-order valence-electron chi connectivity index (χ2n) is 5.26. The summed E-state index contributed by atoms with van der Waals surface area (Å²) in [7, 11) is 2.24. The molecule has 1 saturated carbocycles. The minimum absolute atomic E-state index is 0.0488. The molecule has 0 saturated heterocycles. The molecule has 1 aliphatic rings. The lowest BCUT2D eigenvalue weighted by Gasteiger charge is -2.36. The zero-order chi connectivity index (χ0) is 12.3. The molecule has 2 rings (SSSR count). The number of hydrogen-bond acceptors (Lipinski definition) is 3. The van der Waals surface area contributed by atoms with Gasteiger partial charge in [-0.15, -0.1) is 11.3 Å².